The van der Waals surface area contributed by atoms with E-state index in [1.807, 2.05) is 89.2 Å². The molecule has 0 bridgehead atoms. The third-order valence-electron chi connectivity index (χ3n) is 14.5. The molecule has 5 N–H and O–H groups in total. The van der Waals surface area contributed by atoms with Crippen LogP contribution in [-0.2, 0) is 70.0 Å². The second-order valence-electron chi connectivity index (χ2n) is 23.5. The topological polar surface area (TPSA) is 228 Å². The first-order valence-electron chi connectivity index (χ1n) is 27.9. The number of nitrogens with two attached hydrogens (primary N) is 1. The molecule has 16 heteroatoms. The maximum atomic E-state index is 13.9. The molecule has 4 aromatic carbocycles. The zero-order chi connectivity index (χ0) is 60.1. The quantitative estimate of drug-likeness (QED) is 0.0604. The highest BCUT2D eigenvalue weighted by atomic mass is 16.6. The van der Waals surface area contributed by atoms with Gasteiger partial charge in [-0.25, -0.2) is 19.2 Å². The molecular weight excluding hydrogens is 1040 g/mol. The molecule has 0 fully saturated rings. The number of rotatable bonds is 16. The summed E-state index contributed by atoms with van der Waals surface area (Å²) in [5, 5.41) is 16.2. The van der Waals surface area contributed by atoms with Crippen molar-refractivity contribution in [2.45, 2.75) is 158 Å². The summed E-state index contributed by atoms with van der Waals surface area (Å²) in [7, 11) is 0. The zero-order valence-corrected chi connectivity index (χ0v) is 49.8. The Labute approximate surface area is 481 Å². The van der Waals surface area contributed by atoms with Gasteiger partial charge in [0, 0.05) is 24.2 Å². The fraction of sp³-hybridized carbons (Fsp3) is 0.424. The Morgan fingerprint density at radius 3 is 1.28 bits per heavy atom. The van der Waals surface area contributed by atoms with Crippen molar-refractivity contribution in [3.63, 3.8) is 0 Å². The minimum absolute atomic E-state index is 0.0294. The third kappa shape index (κ3) is 14.6. The molecule has 436 valence electrons. The van der Waals surface area contributed by atoms with Gasteiger partial charge in [-0.05, 0) is 153 Å². The lowest BCUT2D eigenvalue weighted by molar-refractivity contribution is -0.148. The third-order valence-corrected chi connectivity index (χ3v) is 14.5. The number of carbonyl (C=O) groups excluding carboxylic acids is 5. The maximum Gasteiger partial charge on any atom is 0.337 e. The van der Waals surface area contributed by atoms with Crippen LogP contribution in [0, 0.1) is 41.5 Å². The first kappa shape index (κ1) is 61.8. The zero-order valence-electron chi connectivity index (χ0n) is 49.8. The van der Waals surface area contributed by atoms with Crippen molar-refractivity contribution in [3.05, 3.63) is 185 Å². The van der Waals surface area contributed by atoms with Crippen LogP contribution in [0.15, 0.2) is 118 Å². The van der Waals surface area contributed by atoms with Gasteiger partial charge in [-0.15, -0.1) is 0 Å². The van der Waals surface area contributed by atoms with E-state index in [0.29, 0.717) is 69.0 Å². The summed E-state index contributed by atoms with van der Waals surface area (Å²) < 4.78 is 35.4. The number of carboxylic acid groups (broad SMARTS) is 1. The molecule has 4 heterocycles. The number of primary amides is 1. The number of esters is 4. The van der Waals surface area contributed by atoms with Gasteiger partial charge in [0.1, 0.15) is 12.2 Å². The van der Waals surface area contributed by atoms with Gasteiger partial charge in [0.2, 0.25) is 5.91 Å². The van der Waals surface area contributed by atoms with Crippen molar-refractivity contribution in [3.8, 4) is 0 Å². The van der Waals surface area contributed by atoms with E-state index in [9.17, 15) is 33.9 Å². The van der Waals surface area contributed by atoms with Crippen molar-refractivity contribution >= 4 is 35.8 Å². The van der Waals surface area contributed by atoms with E-state index in [0.717, 1.165) is 44.5 Å². The lowest BCUT2D eigenvalue weighted by atomic mass is 9.77. The molecule has 0 spiro atoms. The molecule has 4 unspecified atom stereocenters. The first-order valence-corrected chi connectivity index (χ1v) is 27.9. The highest BCUT2D eigenvalue weighted by Crippen LogP contribution is 2.48. The number of aliphatic carboxylic acids is 1. The Kier molecular flexibility index (Phi) is 19.2. The smallest absolute Gasteiger partial charge is 0.337 e. The number of carbonyl (C=O) groups is 6. The summed E-state index contributed by atoms with van der Waals surface area (Å²) in [6.45, 7) is 27.7. The average molecular weight is 1120 g/mol. The van der Waals surface area contributed by atoms with Gasteiger partial charge in [0.25, 0.3) is 0 Å². The molecule has 4 atom stereocenters. The Morgan fingerprint density at radius 1 is 0.585 bits per heavy atom. The average Bonchev–Trinajstić information content (AvgIpc) is 2.08. The maximum absolute atomic E-state index is 13.9. The molecule has 16 nitrogen and oxygen atoms in total. The minimum Gasteiger partial charge on any atom is -0.481 e. The number of dihydropyridines is 2. The number of ether oxygens (including phenoxy) is 6. The van der Waals surface area contributed by atoms with Crippen molar-refractivity contribution in [2.75, 3.05) is 26.4 Å². The lowest BCUT2D eigenvalue weighted by Gasteiger charge is -2.38. The summed E-state index contributed by atoms with van der Waals surface area (Å²) >= 11 is 0. The molecular formula is C66H79N3O13. The predicted molar refractivity (Wildman–Crippen MR) is 310 cm³/mol. The second-order valence-corrected chi connectivity index (χ2v) is 23.5. The van der Waals surface area contributed by atoms with Crippen LogP contribution in [-0.4, -0.2) is 78.5 Å². The molecule has 4 aliphatic rings. The van der Waals surface area contributed by atoms with Gasteiger partial charge in [0.05, 0.1) is 96.0 Å². The monoisotopic (exact) mass is 1120 g/mol. The van der Waals surface area contributed by atoms with Crippen molar-refractivity contribution < 1.29 is 62.3 Å². The molecule has 0 saturated heterocycles. The van der Waals surface area contributed by atoms with Crippen molar-refractivity contribution in [1.29, 1.82) is 0 Å². The molecule has 1 amide bonds. The Bertz CT molecular complexity index is 3060. The molecule has 0 aromatic heterocycles. The standard InChI is InChI=1S/C33H40N2O6.C33H39NO7/c1-8-39-31(37)30-24(17-40-33(5,6)7)35-23-16-25(27-19(3)12-18(2)13-20(27)4)41-32(38)29(23)28(30)22-11-9-10-21(14-22)15-26(34)36;1-8-39-31(37)30-24(17-40-33(5,6)7)34-23-16-25(27-19(3)12-18(2)13-20(27)4)41-32(38)29(23)28(30)22-11-9-10-21(14-22)15-26(35)36/h9-14,25,28,35H,8,15-17H2,1-7H3,(H2,34,36);9-14,25,28,34H,8,15-17H2,1-7H3,(H,35,36). The van der Waals surface area contributed by atoms with Gasteiger partial charge in [-0.2, -0.15) is 0 Å². The SMILES string of the molecule is CCOC(=O)C1=C(COC(C)(C)C)NC2=C(C(=O)OC(c3c(C)cc(C)cc3C)C2)C1c1cccc(CC(=O)O)c1.CCOC(=O)C1=C(COC(C)(C)C)NC2=C(C(=O)OC(c3c(C)cc(C)cc3C)C2)C1c1cccc(CC(N)=O)c1. The van der Waals surface area contributed by atoms with Crippen LogP contribution in [0.4, 0.5) is 0 Å². The molecule has 82 heavy (non-hydrogen) atoms. The van der Waals surface area contributed by atoms with Gasteiger partial charge in [0.15, 0.2) is 0 Å². The van der Waals surface area contributed by atoms with E-state index < -0.39 is 71.0 Å². The van der Waals surface area contributed by atoms with Crippen LogP contribution in [0.2, 0.25) is 0 Å². The van der Waals surface area contributed by atoms with Crippen LogP contribution in [0.1, 0.15) is 159 Å². The highest BCUT2D eigenvalue weighted by molar-refractivity contribution is 6.02. The van der Waals surface area contributed by atoms with Gasteiger partial charge < -0.3 is 49.9 Å². The summed E-state index contributed by atoms with van der Waals surface area (Å²) in [5.74, 6) is -5.23. The van der Waals surface area contributed by atoms with Gasteiger partial charge in [-0.1, -0.05) is 83.9 Å². The number of amides is 1. The van der Waals surface area contributed by atoms with E-state index >= 15 is 0 Å². The number of carboxylic acids is 1. The van der Waals surface area contributed by atoms with Crippen molar-refractivity contribution in [2.24, 2.45) is 5.73 Å². The van der Waals surface area contributed by atoms with Crippen LogP contribution < -0.4 is 16.4 Å². The number of hydrogen-bond donors (Lipinski definition) is 4. The predicted octanol–water partition coefficient (Wildman–Crippen LogP) is 10.4. The molecule has 4 aliphatic heterocycles. The fourth-order valence-corrected chi connectivity index (χ4v) is 11.5. The summed E-state index contributed by atoms with van der Waals surface area (Å²) in [5.41, 5.74) is 19.0. The van der Waals surface area contributed by atoms with Crippen LogP contribution in [0.5, 0.6) is 0 Å². The summed E-state index contributed by atoms with van der Waals surface area (Å²) in [6.07, 6.45) is -0.388. The van der Waals surface area contributed by atoms with Crippen LogP contribution in [0.25, 0.3) is 0 Å². The molecule has 0 radical (unpaired) electrons. The normalized spacial score (nSPS) is 19.0. The Morgan fingerprint density at radius 2 is 0.951 bits per heavy atom. The minimum atomic E-state index is -0.975. The lowest BCUT2D eigenvalue weighted by Crippen LogP contribution is -2.39. The van der Waals surface area contributed by atoms with Gasteiger partial charge in [-0.3, -0.25) is 9.59 Å². The Hall–Kier alpha value is -7.82. The van der Waals surface area contributed by atoms with E-state index in [2.05, 4.69) is 34.9 Å². The number of hydrogen-bond acceptors (Lipinski definition) is 14. The van der Waals surface area contributed by atoms with Crippen LogP contribution in [0.3, 0.4) is 0 Å². The number of nitrogens with one attached hydrogen (secondary N) is 2. The summed E-state index contributed by atoms with van der Waals surface area (Å²) in [6, 6.07) is 22.5. The fourth-order valence-electron chi connectivity index (χ4n) is 11.5. The molecule has 8 rings (SSSR count). The molecule has 4 aromatic rings. The van der Waals surface area contributed by atoms with Crippen molar-refractivity contribution in [1.82, 2.24) is 10.6 Å². The largest absolute Gasteiger partial charge is 0.481 e. The molecule has 0 aliphatic carbocycles. The van der Waals surface area contributed by atoms with E-state index in [1.54, 1.807) is 56.3 Å². The number of aryl methyl sites for hydroxylation is 6. The summed E-state index contributed by atoms with van der Waals surface area (Å²) in [4.78, 5) is 78.0. The van der Waals surface area contributed by atoms with E-state index in [1.165, 1.54) is 0 Å². The number of cyclic esters (lactones) is 2. The van der Waals surface area contributed by atoms with Crippen LogP contribution >= 0.6 is 0 Å². The second kappa shape index (κ2) is 25.5. The molecule has 0 saturated carbocycles. The van der Waals surface area contributed by atoms with Gasteiger partial charge >= 0.3 is 29.8 Å². The highest BCUT2D eigenvalue weighted by Gasteiger charge is 2.46. The Balaban J connectivity index is 0.000000236. The number of benzene rings is 4. The van der Waals surface area contributed by atoms with E-state index in [-0.39, 0.29) is 50.4 Å². The van der Waals surface area contributed by atoms with E-state index in [4.69, 9.17) is 34.2 Å². The first-order chi connectivity index (χ1) is 38.6.